The number of hydrogen-bond acceptors (Lipinski definition) is 3. The van der Waals surface area contributed by atoms with Gasteiger partial charge in [0, 0.05) is 30.4 Å². The third kappa shape index (κ3) is 4.46. The molecule has 26 heavy (non-hydrogen) atoms. The van der Waals surface area contributed by atoms with Crippen molar-refractivity contribution in [3.05, 3.63) is 58.7 Å². The largest absolute Gasteiger partial charge is 0.417 e. The monoisotopic (exact) mass is 383 g/mol. The van der Waals surface area contributed by atoms with E-state index in [0.29, 0.717) is 30.4 Å². The molecule has 1 aliphatic rings. The number of pyridine rings is 1. The molecule has 1 saturated heterocycles. The molecular weight excluding hydrogens is 367 g/mol. The lowest BCUT2D eigenvalue weighted by atomic mass is 10.1. The molecule has 1 unspecified atom stereocenters. The molecule has 4 nitrogen and oxygen atoms in total. The summed E-state index contributed by atoms with van der Waals surface area (Å²) >= 11 is 6.06. The van der Waals surface area contributed by atoms with Crippen LogP contribution in [0.15, 0.2) is 42.6 Å². The lowest BCUT2D eigenvalue weighted by molar-refractivity contribution is -0.137. The summed E-state index contributed by atoms with van der Waals surface area (Å²) in [6.07, 6.45) is -2.67. The van der Waals surface area contributed by atoms with E-state index >= 15 is 0 Å². The topological polar surface area (TPSA) is 45.2 Å². The molecule has 2 aromatic rings. The number of hydrogen-bond donors (Lipinski definition) is 1. The van der Waals surface area contributed by atoms with Gasteiger partial charge in [-0.15, -0.1) is 0 Å². The summed E-state index contributed by atoms with van der Waals surface area (Å²) in [6, 6.07) is 9.46. The fraction of sp³-hybridized carbons (Fsp3) is 0.333. The number of nitrogens with one attached hydrogen (secondary N) is 1. The van der Waals surface area contributed by atoms with Crippen LogP contribution in [-0.2, 0) is 17.4 Å². The highest BCUT2D eigenvalue weighted by molar-refractivity contribution is 6.31. The average molecular weight is 384 g/mol. The first kappa shape index (κ1) is 18.5. The van der Waals surface area contributed by atoms with Crippen molar-refractivity contribution in [1.82, 2.24) is 10.3 Å². The van der Waals surface area contributed by atoms with E-state index in [2.05, 4.69) is 10.3 Å². The maximum Gasteiger partial charge on any atom is 0.417 e. The predicted molar refractivity (Wildman–Crippen MR) is 93.2 cm³/mol. The van der Waals surface area contributed by atoms with Crippen molar-refractivity contribution in [3.63, 3.8) is 0 Å². The summed E-state index contributed by atoms with van der Waals surface area (Å²) in [7, 11) is 0. The average Bonchev–Trinajstić information content (AvgIpc) is 3.05. The minimum atomic E-state index is -4.40. The molecule has 0 aliphatic carbocycles. The lowest BCUT2D eigenvalue weighted by Crippen LogP contribution is -2.38. The highest BCUT2D eigenvalue weighted by atomic mass is 35.5. The van der Waals surface area contributed by atoms with Gasteiger partial charge in [0.15, 0.2) is 0 Å². The molecule has 1 atom stereocenters. The Morgan fingerprint density at radius 1 is 1.27 bits per heavy atom. The van der Waals surface area contributed by atoms with E-state index in [0.717, 1.165) is 17.8 Å². The highest BCUT2D eigenvalue weighted by Gasteiger charge is 2.31. The number of aromatic nitrogens is 1. The minimum Gasteiger partial charge on any atom is -0.354 e. The third-order valence-electron chi connectivity index (χ3n) is 4.26. The van der Waals surface area contributed by atoms with E-state index in [1.54, 1.807) is 18.2 Å². The Kier molecular flexibility index (Phi) is 5.36. The summed E-state index contributed by atoms with van der Waals surface area (Å²) in [5, 5.41) is 3.49. The van der Waals surface area contributed by atoms with E-state index in [1.165, 1.54) is 6.07 Å². The van der Waals surface area contributed by atoms with Crippen LogP contribution >= 0.6 is 11.6 Å². The number of halogens is 4. The zero-order chi connectivity index (χ0) is 18.7. The van der Waals surface area contributed by atoms with Gasteiger partial charge in [0.25, 0.3) is 0 Å². The molecule has 0 radical (unpaired) electrons. The quantitative estimate of drug-likeness (QED) is 0.875. The Bertz CT molecular complexity index is 780. The molecule has 1 aromatic carbocycles. The molecule has 1 aliphatic heterocycles. The van der Waals surface area contributed by atoms with Gasteiger partial charge in [-0.2, -0.15) is 13.2 Å². The Balaban J connectivity index is 1.55. The highest BCUT2D eigenvalue weighted by Crippen LogP contribution is 2.30. The molecule has 3 rings (SSSR count). The molecule has 2 heterocycles. The molecule has 1 aromatic heterocycles. The molecule has 8 heteroatoms. The second-order valence-electron chi connectivity index (χ2n) is 6.17. The summed E-state index contributed by atoms with van der Waals surface area (Å²) in [6.45, 7) is 1.13. The van der Waals surface area contributed by atoms with Crippen LogP contribution in [0, 0.1) is 0 Å². The molecule has 138 valence electrons. The van der Waals surface area contributed by atoms with Gasteiger partial charge in [-0.3, -0.25) is 4.79 Å². The van der Waals surface area contributed by atoms with Crippen LogP contribution in [-0.4, -0.2) is 30.0 Å². The Morgan fingerprint density at radius 3 is 2.69 bits per heavy atom. The summed E-state index contributed by atoms with van der Waals surface area (Å²) < 4.78 is 37.8. The number of nitrogens with zero attached hydrogens (tertiary/aromatic N) is 2. The van der Waals surface area contributed by atoms with Crippen molar-refractivity contribution in [2.24, 2.45) is 0 Å². The van der Waals surface area contributed by atoms with Crippen molar-refractivity contribution < 1.29 is 18.0 Å². The smallest absolute Gasteiger partial charge is 0.354 e. The Morgan fingerprint density at radius 2 is 2.04 bits per heavy atom. The first-order valence-corrected chi connectivity index (χ1v) is 8.51. The van der Waals surface area contributed by atoms with Gasteiger partial charge in [0.05, 0.1) is 12.0 Å². The maximum absolute atomic E-state index is 12.6. The van der Waals surface area contributed by atoms with Crippen molar-refractivity contribution in [1.29, 1.82) is 0 Å². The van der Waals surface area contributed by atoms with E-state index in [1.807, 2.05) is 11.0 Å². The van der Waals surface area contributed by atoms with E-state index < -0.39 is 11.7 Å². The van der Waals surface area contributed by atoms with Crippen LogP contribution < -0.4 is 10.2 Å². The standard InChI is InChI=1S/C18H17ClF3N3O/c19-15-4-2-1-3-12(15)9-17(26)24-14-7-8-25(11-14)16-6-5-13(10-23-16)18(20,21)22/h1-6,10,14H,7-9,11H2,(H,24,26). The second kappa shape index (κ2) is 7.53. The third-order valence-corrected chi connectivity index (χ3v) is 4.63. The van der Waals surface area contributed by atoms with E-state index in [4.69, 9.17) is 11.6 Å². The van der Waals surface area contributed by atoms with Gasteiger partial charge in [-0.1, -0.05) is 29.8 Å². The number of anilines is 1. The fourth-order valence-corrected chi connectivity index (χ4v) is 3.12. The Hall–Kier alpha value is -2.28. The van der Waals surface area contributed by atoms with Crippen molar-refractivity contribution in [2.45, 2.75) is 25.1 Å². The molecule has 0 bridgehead atoms. The summed E-state index contributed by atoms with van der Waals surface area (Å²) in [5.41, 5.74) is -0.0176. The van der Waals surface area contributed by atoms with Crippen LogP contribution in [0.1, 0.15) is 17.5 Å². The van der Waals surface area contributed by atoms with E-state index in [-0.39, 0.29) is 18.4 Å². The second-order valence-corrected chi connectivity index (χ2v) is 6.58. The molecule has 1 amide bonds. The Labute approximate surface area is 154 Å². The lowest BCUT2D eigenvalue weighted by Gasteiger charge is -2.18. The molecule has 1 fully saturated rings. The van der Waals surface area contributed by atoms with Crippen molar-refractivity contribution in [2.75, 3.05) is 18.0 Å². The molecule has 0 spiro atoms. The minimum absolute atomic E-state index is 0.0749. The number of amides is 1. The van der Waals surface area contributed by atoms with Crippen molar-refractivity contribution in [3.8, 4) is 0 Å². The van der Waals surface area contributed by atoms with Gasteiger partial charge in [0.1, 0.15) is 5.82 Å². The zero-order valence-corrected chi connectivity index (χ0v) is 14.5. The molecule has 1 N–H and O–H groups in total. The van der Waals surface area contributed by atoms with Crippen LogP contribution in [0.3, 0.4) is 0 Å². The van der Waals surface area contributed by atoms with Crippen LogP contribution in [0.2, 0.25) is 5.02 Å². The number of benzene rings is 1. The predicted octanol–water partition coefficient (Wildman–Crippen LogP) is 3.69. The van der Waals surface area contributed by atoms with Crippen LogP contribution in [0.4, 0.5) is 19.0 Å². The fourth-order valence-electron chi connectivity index (χ4n) is 2.92. The number of rotatable bonds is 4. The van der Waals surface area contributed by atoms with Gasteiger partial charge in [0.2, 0.25) is 5.91 Å². The maximum atomic E-state index is 12.6. The molecular formula is C18H17ClF3N3O. The molecule has 0 saturated carbocycles. The van der Waals surface area contributed by atoms with Gasteiger partial charge in [-0.05, 0) is 30.2 Å². The van der Waals surface area contributed by atoms with E-state index in [9.17, 15) is 18.0 Å². The van der Waals surface area contributed by atoms with Crippen molar-refractivity contribution >= 4 is 23.3 Å². The first-order chi connectivity index (χ1) is 12.3. The number of carbonyl (C=O) groups is 1. The SMILES string of the molecule is O=C(Cc1ccccc1Cl)NC1CCN(c2ccc(C(F)(F)F)cn2)C1. The van der Waals surface area contributed by atoms with Crippen LogP contribution in [0.5, 0.6) is 0 Å². The zero-order valence-electron chi connectivity index (χ0n) is 13.8. The normalized spacial score (nSPS) is 17.4. The first-order valence-electron chi connectivity index (χ1n) is 8.14. The van der Waals surface area contributed by atoms with Gasteiger partial charge in [-0.25, -0.2) is 4.98 Å². The van der Waals surface area contributed by atoms with Crippen LogP contribution in [0.25, 0.3) is 0 Å². The van der Waals surface area contributed by atoms with Gasteiger partial charge < -0.3 is 10.2 Å². The summed E-state index contributed by atoms with van der Waals surface area (Å²) in [5.74, 6) is 0.339. The number of carbonyl (C=O) groups excluding carboxylic acids is 1. The summed E-state index contributed by atoms with van der Waals surface area (Å²) in [4.78, 5) is 17.9. The number of alkyl halides is 3. The van der Waals surface area contributed by atoms with Gasteiger partial charge >= 0.3 is 6.18 Å².